The second-order valence-electron chi connectivity index (χ2n) is 4.95. The van der Waals surface area contributed by atoms with Crippen LogP contribution >= 0.6 is 0 Å². The molecule has 3 N–H and O–H groups in total. The summed E-state index contributed by atoms with van der Waals surface area (Å²) in [4.78, 5) is 11.2. The van der Waals surface area contributed by atoms with Crippen molar-refractivity contribution in [2.24, 2.45) is 0 Å². The minimum atomic E-state index is -1.20. The normalized spacial score (nSPS) is 10.5. The van der Waals surface area contributed by atoms with E-state index < -0.39 is 5.97 Å². The average Bonchev–Trinajstić information content (AvgIpc) is 2.49. The van der Waals surface area contributed by atoms with Crippen LogP contribution in [0.15, 0.2) is 36.4 Å². The van der Waals surface area contributed by atoms with Crippen molar-refractivity contribution in [3.8, 4) is 11.5 Å². The van der Waals surface area contributed by atoms with Crippen molar-refractivity contribution in [2.75, 3.05) is 6.61 Å². The number of ether oxygens (including phenoxy) is 1. The van der Waals surface area contributed by atoms with Gasteiger partial charge in [0.1, 0.15) is 23.7 Å². The van der Waals surface area contributed by atoms with Crippen LogP contribution in [0.25, 0.3) is 0 Å². The monoisotopic (exact) mass is 302 g/mol. The van der Waals surface area contributed by atoms with Gasteiger partial charge in [0.05, 0.1) is 0 Å². The zero-order chi connectivity index (χ0) is 16.1. The van der Waals surface area contributed by atoms with Crippen LogP contribution < -0.4 is 4.74 Å². The number of aliphatic hydroxyl groups is 1. The standard InChI is InChI=1S/C17H18O5/c1-11-9-14(22-10-12-5-3-2-4-6-12)13(7-8-18)16(19)15(11)17(20)21/h2-6,9,18-19H,7-8,10H2,1H3,(H,20,21). The minimum Gasteiger partial charge on any atom is -0.507 e. The molecule has 0 bridgehead atoms. The topological polar surface area (TPSA) is 87.0 Å². The van der Waals surface area contributed by atoms with Crippen molar-refractivity contribution in [2.45, 2.75) is 20.0 Å². The Morgan fingerprint density at radius 1 is 1.23 bits per heavy atom. The first-order valence-electron chi connectivity index (χ1n) is 6.91. The second kappa shape index (κ2) is 6.95. The third-order valence-electron chi connectivity index (χ3n) is 3.37. The molecule has 0 aliphatic heterocycles. The molecule has 5 heteroatoms. The zero-order valence-electron chi connectivity index (χ0n) is 12.2. The molecule has 0 spiro atoms. The number of benzene rings is 2. The van der Waals surface area contributed by atoms with E-state index in [1.54, 1.807) is 13.0 Å². The van der Waals surface area contributed by atoms with Gasteiger partial charge in [-0.15, -0.1) is 0 Å². The fraction of sp³-hybridized carbons (Fsp3) is 0.235. The fourth-order valence-electron chi connectivity index (χ4n) is 2.30. The lowest BCUT2D eigenvalue weighted by Gasteiger charge is -2.16. The number of carbonyl (C=O) groups is 1. The highest BCUT2D eigenvalue weighted by molar-refractivity contribution is 5.93. The number of aromatic carboxylic acids is 1. The average molecular weight is 302 g/mol. The van der Waals surface area contributed by atoms with Crippen LogP contribution in [-0.4, -0.2) is 27.9 Å². The van der Waals surface area contributed by atoms with Gasteiger partial charge < -0.3 is 20.1 Å². The molecular weight excluding hydrogens is 284 g/mol. The molecule has 0 radical (unpaired) electrons. The summed E-state index contributed by atoms with van der Waals surface area (Å²) >= 11 is 0. The summed E-state index contributed by atoms with van der Waals surface area (Å²) in [7, 11) is 0. The van der Waals surface area contributed by atoms with Crippen molar-refractivity contribution >= 4 is 5.97 Å². The lowest BCUT2D eigenvalue weighted by Crippen LogP contribution is -2.07. The molecule has 0 aromatic heterocycles. The number of aliphatic hydroxyl groups excluding tert-OH is 1. The van der Waals surface area contributed by atoms with Gasteiger partial charge in [-0.25, -0.2) is 4.79 Å². The van der Waals surface area contributed by atoms with Crippen LogP contribution in [-0.2, 0) is 13.0 Å². The van der Waals surface area contributed by atoms with Crippen LogP contribution in [0.4, 0.5) is 0 Å². The summed E-state index contributed by atoms with van der Waals surface area (Å²) in [5, 5.41) is 28.5. The quantitative estimate of drug-likeness (QED) is 0.763. The Bertz CT molecular complexity index is 664. The van der Waals surface area contributed by atoms with Crippen molar-refractivity contribution in [1.82, 2.24) is 0 Å². The minimum absolute atomic E-state index is 0.122. The van der Waals surface area contributed by atoms with Crippen LogP contribution in [0.1, 0.15) is 27.0 Å². The largest absolute Gasteiger partial charge is 0.507 e. The highest BCUT2D eigenvalue weighted by Crippen LogP contribution is 2.35. The van der Waals surface area contributed by atoms with E-state index in [9.17, 15) is 15.0 Å². The Hall–Kier alpha value is -2.53. The lowest BCUT2D eigenvalue weighted by molar-refractivity contribution is 0.0692. The Morgan fingerprint density at radius 2 is 1.91 bits per heavy atom. The maximum Gasteiger partial charge on any atom is 0.339 e. The molecule has 0 fully saturated rings. The third-order valence-corrected chi connectivity index (χ3v) is 3.37. The van der Waals surface area contributed by atoms with E-state index in [2.05, 4.69) is 0 Å². The molecule has 116 valence electrons. The van der Waals surface area contributed by atoms with Gasteiger partial charge in [-0.3, -0.25) is 0 Å². The maximum absolute atomic E-state index is 11.2. The molecular formula is C17H18O5. The van der Waals surface area contributed by atoms with Gasteiger partial charge in [0.15, 0.2) is 0 Å². The van der Waals surface area contributed by atoms with Crippen LogP contribution in [0.3, 0.4) is 0 Å². The molecule has 0 heterocycles. The molecule has 2 rings (SSSR count). The summed E-state index contributed by atoms with van der Waals surface area (Å²) in [6, 6.07) is 11.1. The summed E-state index contributed by atoms with van der Waals surface area (Å²) in [6.07, 6.45) is 0.122. The van der Waals surface area contributed by atoms with E-state index in [1.807, 2.05) is 30.3 Å². The SMILES string of the molecule is Cc1cc(OCc2ccccc2)c(CCO)c(O)c1C(=O)O. The van der Waals surface area contributed by atoms with Crippen molar-refractivity contribution in [1.29, 1.82) is 0 Å². The van der Waals surface area contributed by atoms with Gasteiger partial charge >= 0.3 is 5.97 Å². The molecule has 0 amide bonds. The number of aryl methyl sites for hydroxylation is 1. The molecule has 2 aromatic carbocycles. The molecule has 0 aliphatic rings. The Labute approximate surface area is 128 Å². The van der Waals surface area contributed by atoms with E-state index in [4.69, 9.17) is 9.84 Å². The van der Waals surface area contributed by atoms with Crippen LogP contribution in [0.2, 0.25) is 0 Å². The number of hydrogen-bond donors (Lipinski definition) is 3. The number of rotatable bonds is 6. The smallest absolute Gasteiger partial charge is 0.339 e. The van der Waals surface area contributed by atoms with E-state index in [0.29, 0.717) is 23.5 Å². The molecule has 5 nitrogen and oxygen atoms in total. The highest BCUT2D eigenvalue weighted by atomic mass is 16.5. The first-order chi connectivity index (χ1) is 10.5. The van der Waals surface area contributed by atoms with Crippen molar-refractivity contribution < 1.29 is 24.9 Å². The second-order valence-corrected chi connectivity index (χ2v) is 4.95. The summed E-state index contributed by atoms with van der Waals surface area (Å²) in [6.45, 7) is 1.68. The molecule has 0 aliphatic carbocycles. The van der Waals surface area contributed by atoms with Gasteiger partial charge in [0.25, 0.3) is 0 Å². The van der Waals surface area contributed by atoms with Crippen LogP contribution in [0, 0.1) is 6.92 Å². The Morgan fingerprint density at radius 3 is 2.50 bits per heavy atom. The predicted octanol–water partition coefficient (Wildman–Crippen LogP) is 2.51. The van der Waals surface area contributed by atoms with Crippen molar-refractivity contribution in [3.63, 3.8) is 0 Å². The number of carboxylic acids is 1. The van der Waals surface area contributed by atoms with E-state index in [0.717, 1.165) is 5.56 Å². The maximum atomic E-state index is 11.2. The Kier molecular flexibility index (Phi) is 5.01. The van der Waals surface area contributed by atoms with Crippen LogP contribution in [0.5, 0.6) is 11.5 Å². The van der Waals surface area contributed by atoms with Gasteiger partial charge in [-0.1, -0.05) is 30.3 Å². The molecule has 0 saturated heterocycles. The Balaban J connectivity index is 2.35. The third kappa shape index (κ3) is 3.38. The molecule has 2 aromatic rings. The van der Waals surface area contributed by atoms with E-state index in [-0.39, 0.29) is 24.3 Å². The first-order valence-corrected chi connectivity index (χ1v) is 6.91. The zero-order valence-corrected chi connectivity index (χ0v) is 12.2. The van der Waals surface area contributed by atoms with E-state index >= 15 is 0 Å². The number of carboxylic acid groups (broad SMARTS) is 1. The summed E-state index contributed by atoms with van der Waals surface area (Å²) < 4.78 is 5.71. The van der Waals surface area contributed by atoms with Gasteiger partial charge in [-0.05, 0) is 24.1 Å². The van der Waals surface area contributed by atoms with Gasteiger partial charge in [0.2, 0.25) is 0 Å². The molecule has 22 heavy (non-hydrogen) atoms. The molecule has 0 atom stereocenters. The molecule has 0 saturated carbocycles. The highest BCUT2D eigenvalue weighted by Gasteiger charge is 2.21. The lowest BCUT2D eigenvalue weighted by atomic mass is 10.00. The predicted molar refractivity (Wildman–Crippen MR) is 81.4 cm³/mol. The summed E-state index contributed by atoms with van der Waals surface area (Å²) in [5.41, 5.74) is 1.52. The first kappa shape index (κ1) is 15.9. The fourth-order valence-corrected chi connectivity index (χ4v) is 2.30. The molecule has 0 unspecified atom stereocenters. The number of phenols is 1. The van der Waals surface area contributed by atoms with Crippen molar-refractivity contribution in [3.05, 3.63) is 58.7 Å². The summed E-state index contributed by atoms with van der Waals surface area (Å²) in [5.74, 6) is -1.16. The van der Waals surface area contributed by atoms with Gasteiger partial charge in [-0.2, -0.15) is 0 Å². The van der Waals surface area contributed by atoms with E-state index in [1.165, 1.54) is 0 Å². The number of hydrogen-bond acceptors (Lipinski definition) is 4. The van der Waals surface area contributed by atoms with Gasteiger partial charge in [0, 0.05) is 18.6 Å². The number of aromatic hydroxyl groups is 1.